The fraction of sp³-hybridized carbons (Fsp3) is 0.235. The minimum Gasteiger partial charge on any atom is -0.462 e. The van der Waals surface area contributed by atoms with E-state index in [0.717, 1.165) is 11.1 Å². The molecule has 104 valence electrons. The van der Waals surface area contributed by atoms with Gasteiger partial charge in [0.15, 0.2) is 0 Å². The largest absolute Gasteiger partial charge is 0.462 e. The fourth-order valence-corrected chi connectivity index (χ4v) is 1.88. The molecule has 0 heterocycles. The summed E-state index contributed by atoms with van der Waals surface area (Å²) in [5, 5.41) is 0. The summed E-state index contributed by atoms with van der Waals surface area (Å²) in [6.07, 6.45) is 0.713. The first kappa shape index (κ1) is 14.3. The molecule has 0 unspecified atom stereocenters. The van der Waals surface area contributed by atoms with E-state index >= 15 is 0 Å². The molecule has 20 heavy (non-hydrogen) atoms. The SMILES string of the molecule is COCCCOC(=O)c1ccc(-c2ccccc2)cc1. The first-order chi connectivity index (χ1) is 9.81. The Balaban J connectivity index is 1.96. The van der Waals surface area contributed by atoms with Crippen LogP contribution in [0, 0.1) is 0 Å². The lowest BCUT2D eigenvalue weighted by molar-refractivity contribution is 0.0468. The minimum absolute atomic E-state index is 0.291. The lowest BCUT2D eigenvalue weighted by atomic mass is 10.0. The topological polar surface area (TPSA) is 35.5 Å². The zero-order valence-electron chi connectivity index (χ0n) is 11.5. The van der Waals surface area contributed by atoms with Crippen LogP contribution in [0.4, 0.5) is 0 Å². The number of benzene rings is 2. The Kier molecular flexibility index (Phi) is 5.33. The standard InChI is InChI=1S/C17H18O3/c1-19-12-5-13-20-17(18)16-10-8-15(9-11-16)14-6-3-2-4-7-14/h2-4,6-11H,5,12-13H2,1H3. The minimum atomic E-state index is -0.291. The van der Waals surface area contributed by atoms with Gasteiger partial charge in [-0.2, -0.15) is 0 Å². The molecule has 0 atom stereocenters. The third kappa shape index (κ3) is 3.93. The predicted molar refractivity (Wildman–Crippen MR) is 78.7 cm³/mol. The summed E-state index contributed by atoms with van der Waals surface area (Å²) in [6.45, 7) is 0.979. The van der Waals surface area contributed by atoms with Gasteiger partial charge in [0.05, 0.1) is 12.2 Å². The van der Waals surface area contributed by atoms with Crippen LogP contribution in [0.25, 0.3) is 11.1 Å². The lowest BCUT2D eigenvalue weighted by Crippen LogP contribution is -2.07. The molecule has 0 saturated carbocycles. The quantitative estimate of drug-likeness (QED) is 0.595. The zero-order chi connectivity index (χ0) is 14.2. The third-order valence-electron chi connectivity index (χ3n) is 2.95. The molecule has 0 aliphatic heterocycles. The van der Waals surface area contributed by atoms with E-state index in [9.17, 15) is 4.79 Å². The predicted octanol–water partition coefficient (Wildman–Crippen LogP) is 3.55. The van der Waals surface area contributed by atoms with Crippen molar-refractivity contribution in [3.05, 3.63) is 60.2 Å². The highest BCUT2D eigenvalue weighted by atomic mass is 16.5. The first-order valence-corrected chi connectivity index (χ1v) is 6.63. The monoisotopic (exact) mass is 270 g/mol. The van der Waals surface area contributed by atoms with E-state index in [-0.39, 0.29) is 5.97 Å². The highest BCUT2D eigenvalue weighted by Crippen LogP contribution is 2.19. The van der Waals surface area contributed by atoms with Crippen LogP contribution < -0.4 is 0 Å². The molecule has 2 aromatic rings. The van der Waals surface area contributed by atoms with E-state index in [1.807, 2.05) is 42.5 Å². The molecule has 0 spiro atoms. The normalized spacial score (nSPS) is 10.2. The van der Waals surface area contributed by atoms with Crippen molar-refractivity contribution in [1.82, 2.24) is 0 Å². The van der Waals surface area contributed by atoms with Crippen molar-refractivity contribution >= 4 is 5.97 Å². The molecule has 0 amide bonds. The maximum Gasteiger partial charge on any atom is 0.338 e. The Morgan fingerprint density at radius 3 is 2.20 bits per heavy atom. The van der Waals surface area contributed by atoms with Crippen molar-refractivity contribution in [3.63, 3.8) is 0 Å². The average molecular weight is 270 g/mol. The van der Waals surface area contributed by atoms with Crippen LogP contribution in [0.15, 0.2) is 54.6 Å². The summed E-state index contributed by atoms with van der Waals surface area (Å²) in [5.41, 5.74) is 2.79. The Labute approximate surface area is 119 Å². The lowest BCUT2D eigenvalue weighted by Gasteiger charge is -2.06. The second-order valence-corrected chi connectivity index (χ2v) is 4.43. The highest BCUT2D eigenvalue weighted by molar-refractivity contribution is 5.90. The number of methoxy groups -OCH3 is 1. The van der Waals surface area contributed by atoms with Gasteiger partial charge in [-0.05, 0) is 23.3 Å². The van der Waals surface area contributed by atoms with Gasteiger partial charge in [0.1, 0.15) is 0 Å². The molecule has 0 aliphatic carbocycles. The maximum absolute atomic E-state index is 11.8. The van der Waals surface area contributed by atoms with Gasteiger partial charge in [-0.3, -0.25) is 0 Å². The molecule has 0 bridgehead atoms. The van der Waals surface area contributed by atoms with E-state index in [1.165, 1.54) is 0 Å². The van der Waals surface area contributed by atoms with Gasteiger partial charge < -0.3 is 9.47 Å². The van der Waals surface area contributed by atoms with Crippen LogP contribution in [0.3, 0.4) is 0 Å². The summed E-state index contributed by atoms with van der Waals surface area (Å²) in [6, 6.07) is 17.5. The smallest absolute Gasteiger partial charge is 0.338 e. The number of hydrogen-bond acceptors (Lipinski definition) is 3. The number of carbonyl (C=O) groups excluding carboxylic acids is 1. The Hall–Kier alpha value is -2.13. The Morgan fingerprint density at radius 2 is 1.55 bits per heavy atom. The summed E-state index contributed by atoms with van der Waals surface area (Å²) >= 11 is 0. The van der Waals surface area contributed by atoms with Crippen LogP contribution in [-0.2, 0) is 9.47 Å². The van der Waals surface area contributed by atoms with E-state index in [0.29, 0.717) is 25.2 Å². The van der Waals surface area contributed by atoms with Gasteiger partial charge in [-0.1, -0.05) is 42.5 Å². The van der Waals surface area contributed by atoms with E-state index in [4.69, 9.17) is 9.47 Å². The Morgan fingerprint density at radius 1 is 0.900 bits per heavy atom. The molecular formula is C17H18O3. The first-order valence-electron chi connectivity index (χ1n) is 6.63. The molecule has 3 heteroatoms. The molecule has 0 aliphatic rings. The van der Waals surface area contributed by atoms with Crippen LogP contribution >= 0.6 is 0 Å². The molecule has 0 saturated heterocycles. The average Bonchev–Trinajstić information content (AvgIpc) is 2.52. The third-order valence-corrected chi connectivity index (χ3v) is 2.95. The van der Waals surface area contributed by atoms with Crippen molar-refractivity contribution in [2.45, 2.75) is 6.42 Å². The van der Waals surface area contributed by atoms with Crippen LogP contribution in [0.5, 0.6) is 0 Å². The van der Waals surface area contributed by atoms with Crippen molar-refractivity contribution in [1.29, 1.82) is 0 Å². The van der Waals surface area contributed by atoms with Gasteiger partial charge in [0.25, 0.3) is 0 Å². The van der Waals surface area contributed by atoms with Gasteiger partial charge in [-0.15, -0.1) is 0 Å². The zero-order valence-corrected chi connectivity index (χ0v) is 11.5. The number of hydrogen-bond donors (Lipinski definition) is 0. The van der Waals surface area contributed by atoms with E-state index < -0.39 is 0 Å². The molecule has 3 nitrogen and oxygen atoms in total. The second kappa shape index (κ2) is 7.46. The number of esters is 1. The molecule has 0 fully saturated rings. The van der Waals surface area contributed by atoms with Crippen LogP contribution in [0.2, 0.25) is 0 Å². The number of rotatable bonds is 6. The number of ether oxygens (including phenoxy) is 2. The van der Waals surface area contributed by atoms with Crippen molar-refractivity contribution < 1.29 is 14.3 Å². The highest BCUT2D eigenvalue weighted by Gasteiger charge is 2.07. The van der Waals surface area contributed by atoms with Crippen molar-refractivity contribution in [2.75, 3.05) is 20.3 Å². The molecule has 2 rings (SSSR count). The summed E-state index contributed by atoms with van der Waals surface area (Å²) in [4.78, 5) is 11.8. The van der Waals surface area contributed by atoms with Gasteiger partial charge >= 0.3 is 5.97 Å². The summed E-state index contributed by atoms with van der Waals surface area (Å²) in [5.74, 6) is -0.291. The van der Waals surface area contributed by atoms with Gasteiger partial charge in [0.2, 0.25) is 0 Å². The molecule has 2 aromatic carbocycles. The van der Waals surface area contributed by atoms with E-state index in [1.54, 1.807) is 19.2 Å². The Bertz CT molecular complexity index is 532. The molecule has 0 N–H and O–H groups in total. The van der Waals surface area contributed by atoms with Crippen LogP contribution in [-0.4, -0.2) is 26.3 Å². The van der Waals surface area contributed by atoms with Crippen molar-refractivity contribution in [2.24, 2.45) is 0 Å². The second-order valence-electron chi connectivity index (χ2n) is 4.43. The maximum atomic E-state index is 11.8. The van der Waals surface area contributed by atoms with E-state index in [2.05, 4.69) is 0 Å². The van der Waals surface area contributed by atoms with Gasteiger partial charge in [-0.25, -0.2) is 4.79 Å². The van der Waals surface area contributed by atoms with Crippen LogP contribution in [0.1, 0.15) is 16.8 Å². The molecular weight excluding hydrogens is 252 g/mol. The summed E-state index contributed by atoms with van der Waals surface area (Å²) < 4.78 is 10.1. The fourth-order valence-electron chi connectivity index (χ4n) is 1.88. The molecule has 0 radical (unpaired) electrons. The number of carbonyl (C=O) groups is 1. The van der Waals surface area contributed by atoms with Crippen molar-refractivity contribution in [3.8, 4) is 11.1 Å². The van der Waals surface area contributed by atoms with Gasteiger partial charge in [0, 0.05) is 20.1 Å². The molecule has 0 aromatic heterocycles. The summed E-state index contributed by atoms with van der Waals surface area (Å²) in [7, 11) is 1.63.